The van der Waals surface area contributed by atoms with Crippen LogP contribution in [0.15, 0.2) is 61.2 Å². The van der Waals surface area contributed by atoms with Crippen LogP contribution in [0.4, 0.5) is 0 Å². The molecule has 0 aliphatic rings. The molecule has 1 aromatic heterocycles. The van der Waals surface area contributed by atoms with Gasteiger partial charge in [0.15, 0.2) is 0 Å². The molecule has 0 radical (unpaired) electrons. The normalized spacial score (nSPS) is 10.5. The van der Waals surface area contributed by atoms with Gasteiger partial charge in [0, 0.05) is 22.8 Å². The summed E-state index contributed by atoms with van der Waals surface area (Å²) in [6, 6.07) is 14.9. The van der Waals surface area contributed by atoms with Gasteiger partial charge in [-0.25, -0.2) is 0 Å². The minimum absolute atomic E-state index is 0.103. The second kappa shape index (κ2) is 7.07. The zero-order valence-electron chi connectivity index (χ0n) is 12.3. The van der Waals surface area contributed by atoms with Crippen molar-refractivity contribution < 1.29 is 4.79 Å². The molecule has 116 valence electrons. The minimum atomic E-state index is -0.103. The van der Waals surface area contributed by atoms with Crippen molar-refractivity contribution in [1.29, 1.82) is 0 Å². The molecule has 1 amide bonds. The van der Waals surface area contributed by atoms with E-state index in [-0.39, 0.29) is 5.91 Å². The number of nitrogens with zero attached hydrogens (tertiary/aromatic N) is 3. The molecule has 1 N–H and O–H groups in total. The molecule has 0 saturated heterocycles. The van der Waals surface area contributed by atoms with Crippen LogP contribution in [0.3, 0.4) is 0 Å². The average Bonchev–Trinajstić information content (AvgIpc) is 3.11. The number of hydrogen-bond acceptors (Lipinski definition) is 3. The number of benzene rings is 2. The summed E-state index contributed by atoms with van der Waals surface area (Å²) in [7, 11) is 0. The van der Waals surface area contributed by atoms with Gasteiger partial charge in [0.05, 0.1) is 0 Å². The molecule has 0 aliphatic heterocycles. The first-order valence-electron chi connectivity index (χ1n) is 7.20. The number of carbonyl (C=O) groups is 1. The van der Waals surface area contributed by atoms with E-state index in [4.69, 9.17) is 11.6 Å². The number of hydrogen-bond donors (Lipinski definition) is 1. The van der Waals surface area contributed by atoms with Gasteiger partial charge in [0.25, 0.3) is 5.91 Å². The van der Waals surface area contributed by atoms with Crippen molar-refractivity contribution in [3.05, 3.63) is 77.3 Å². The van der Waals surface area contributed by atoms with Crippen LogP contribution < -0.4 is 5.32 Å². The molecule has 0 spiro atoms. The third kappa shape index (κ3) is 3.96. The van der Waals surface area contributed by atoms with Gasteiger partial charge in [0.1, 0.15) is 12.7 Å². The Morgan fingerprint density at radius 1 is 1.09 bits per heavy atom. The summed E-state index contributed by atoms with van der Waals surface area (Å²) in [5.74, 6) is -0.103. The second-order valence-corrected chi connectivity index (χ2v) is 5.49. The SMILES string of the molecule is O=C(NCCc1ccc(Cl)cc1)c1cccc(-n2cnnc2)c1. The number of carbonyl (C=O) groups excluding carboxylic acids is 1. The van der Waals surface area contributed by atoms with Crippen molar-refractivity contribution in [2.24, 2.45) is 0 Å². The van der Waals surface area contributed by atoms with E-state index in [1.165, 1.54) is 0 Å². The maximum absolute atomic E-state index is 12.2. The van der Waals surface area contributed by atoms with Crippen molar-refractivity contribution in [1.82, 2.24) is 20.1 Å². The molecule has 6 heteroatoms. The van der Waals surface area contributed by atoms with Gasteiger partial charge < -0.3 is 5.32 Å². The van der Waals surface area contributed by atoms with Crippen LogP contribution >= 0.6 is 11.6 Å². The Labute approximate surface area is 138 Å². The Balaban J connectivity index is 1.60. The molecule has 23 heavy (non-hydrogen) atoms. The fourth-order valence-corrected chi connectivity index (χ4v) is 2.34. The van der Waals surface area contributed by atoms with Crippen molar-refractivity contribution in [2.45, 2.75) is 6.42 Å². The lowest BCUT2D eigenvalue weighted by atomic mass is 10.1. The van der Waals surface area contributed by atoms with Crippen molar-refractivity contribution in [3.8, 4) is 5.69 Å². The zero-order chi connectivity index (χ0) is 16.1. The first kappa shape index (κ1) is 15.2. The van der Waals surface area contributed by atoms with Gasteiger partial charge in [-0.2, -0.15) is 0 Å². The predicted octanol–water partition coefficient (Wildman–Crippen LogP) is 2.89. The summed E-state index contributed by atoms with van der Waals surface area (Å²) in [5, 5.41) is 11.2. The first-order valence-corrected chi connectivity index (χ1v) is 7.58. The average molecular weight is 327 g/mol. The van der Waals surface area contributed by atoms with E-state index in [9.17, 15) is 4.79 Å². The van der Waals surface area contributed by atoms with Crippen LogP contribution in [-0.4, -0.2) is 27.2 Å². The molecule has 0 unspecified atom stereocenters. The van der Waals surface area contributed by atoms with Gasteiger partial charge in [0.2, 0.25) is 0 Å². The van der Waals surface area contributed by atoms with E-state index in [2.05, 4.69) is 15.5 Å². The van der Waals surface area contributed by atoms with E-state index in [0.717, 1.165) is 17.7 Å². The molecule has 0 atom stereocenters. The molecule has 2 aromatic carbocycles. The minimum Gasteiger partial charge on any atom is -0.352 e. The predicted molar refractivity (Wildman–Crippen MR) is 88.8 cm³/mol. The summed E-state index contributed by atoms with van der Waals surface area (Å²) in [6.45, 7) is 0.567. The van der Waals surface area contributed by atoms with Crippen LogP contribution in [0.1, 0.15) is 15.9 Å². The van der Waals surface area contributed by atoms with Gasteiger partial charge >= 0.3 is 0 Å². The quantitative estimate of drug-likeness (QED) is 0.784. The Bertz CT molecular complexity index is 785. The summed E-state index contributed by atoms with van der Waals surface area (Å²) in [5.41, 5.74) is 2.58. The van der Waals surface area contributed by atoms with Gasteiger partial charge in [-0.15, -0.1) is 10.2 Å². The maximum atomic E-state index is 12.2. The molecule has 3 aromatic rings. The molecule has 3 rings (SSSR count). The molecule has 5 nitrogen and oxygen atoms in total. The van der Waals surface area contributed by atoms with Gasteiger partial charge in [-0.1, -0.05) is 29.8 Å². The molecule has 0 fully saturated rings. The first-order chi connectivity index (χ1) is 11.2. The van der Waals surface area contributed by atoms with Crippen LogP contribution in [0.2, 0.25) is 5.02 Å². The molecule has 0 bridgehead atoms. The molecular formula is C17H15ClN4O. The highest BCUT2D eigenvalue weighted by atomic mass is 35.5. The fourth-order valence-electron chi connectivity index (χ4n) is 2.22. The van der Waals surface area contributed by atoms with Crippen molar-refractivity contribution in [2.75, 3.05) is 6.54 Å². The summed E-state index contributed by atoms with van der Waals surface area (Å²) in [6.07, 6.45) is 3.95. The Morgan fingerprint density at radius 2 is 1.83 bits per heavy atom. The van der Waals surface area contributed by atoms with E-state index < -0.39 is 0 Å². The number of aromatic nitrogens is 3. The van der Waals surface area contributed by atoms with Crippen LogP contribution in [0, 0.1) is 0 Å². The third-order valence-corrected chi connectivity index (χ3v) is 3.69. The lowest BCUT2D eigenvalue weighted by molar-refractivity contribution is 0.0954. The van der Waals surface area contributed by atoms with Crippen molar-refractivity contribution >= 4 is 17.5 Å². The van der Waals surface area contributed by atoms with E-state index in [1.54, 1.807) is 29.4 Å². The zero-order valence-corrected chi connectivity index (χ0v) is 13.1. The third-order valence-electron chi connectivity index (χ3n) is 3.44. The topological polar surface area (TPSA) is 59.8 Å². The van der Waals surface area contributed by atoms with E-state index in [1.807, 2.05) is 36.4 Å². The monoisotopic (exact) mass is 326 g/mol. The van der Waals surface area contributed by atoms with Gasteiger partial charge in [-0.05, 0) is 42.3 Å². The largest absolute Gasteiger partial charge is 0.352 e. The summed E-state index contributed by atoms with van der Waals surface area (Å²) >= 11 is 5.85. The number of halogens is 1. The molecular weight excluding hydrogens is 312 g/mol. The van der Waals surface area contributed by atoms with Gasteiger partial charge in [-0.3, -0.25) is 9.36 Å². The number of rotatable bonds is 5. The molecule has 0 saturated carbocycles. The molecule has 0 aliphatic carbocycles. The fraction of sp³-hybridized carbons (Fsp3) is 0.118. The Kier molecular flexibility index (Phi) is 4.68. The number of nitrogens with one attached hydrogen (secondary N) is 1. The second-order valence-electron chi connectivity index (χ2n) is 5.05. The van der Waals surface area contributed by atoms with E-state index >= 15 is 0 Å². The highest BCUT2D eigenvalue weighted by Crippen LogP contribution is 2.11. The van der Waals surface area contributed by atoms with Crippen LogP contribution in [-0.2, 0) is 6.42 Å². The maximum Gasteiger partial charge on any atom is 0.251 e. The smallest absolute Gasteiger partial charge is 0.251 e. The Morgan fingerprint density at radius 3 is 2.57 bits per heavy atom. The highest BCUT2D eigenvalue weighted by molar-refractivity contribution is 6.30. The van der Waals surface area contributed by atoms with Crippen molar-refractivity contribution in [3.63, 3.8) is 0 Å². The van der Waals surface area contributed by atoms with E-state index in [0.29, 0.717) is 17.1 Å². The lowest BCUT2D eigenvalue weighted by Crippen LogP contribution is -2.25. The lowest BCUT2D eigenvalue weighted by Gasteiger charge is -2.07. The Hall–Kier alpha value is -2.66. The number of amides is 1. The summed E-state index contributed by atoms with van der Waals surface area (Å²) in [4.78, 5) is 12.2. The van der Waals surface area contributed by atoms with Crippen LogP contribution in [0.25, 0.3) is 5.69 Å². The highest BCUT2D eigenvalue weighted by Gasteiger charge is 2.06. The summed E-state index contributed by atoms with van der Waals surface area (Å²) < 4.78 is 1.75. The molecule has 1 heterocycles. The standard InChI is InChI=1S/C17H15ClN4O/c18-15-6-4-13(5-7-15)8-9-19-17(23)14-2-1-3-16(10-14)22-11-20-21-12-22/h1-7,10-12H,8-9H2,(H,19,23). The van der Waals surface area contributed by atoms with Crippen LogP contribution in [0.5, 0.6) is 0 Å².